The molecule has 1 aliphatic heterocycles. The molecule has 2 nitrogen and oxygen atoms in total. The summed E-state index contributed by atoms with van der Waals surface area (Å²) in [6.07, 6.45) is 0. The lowest BCUT2D eigenvalue weighted by molar-refractivity contribution is 0.268. The lowest BCUT2D eigenvalue weighted by Crippen LogP contribution is -2.39. The van der Waals surface area contributed by atoms with Crippen LogP contribution in [0.3, 0.4) is 0 Å². The maximum Gasteiger partial charge on any atom is 0.0299 e. The fourth-order valence-electron chi connectivity index (χ4n) is 1.76. The molecule has 0 aromatic rings. The summed E-state index contributed by atoms with van der Waals surface area (Å²) in [4.78, 5) is 0. The molecule has 0 bridgehead atoms. The summed E-state index contributed by atoms with van der Waals surface area (Å²) >= 11 is 0. The number of hydrazine groups is 1. The van der Waals surface area contributed by atoms with Crippen LogP contribution >= 0.6 is 0 Å². The number of hydrogen-bond acceptors (Lipinski definition) is 2. The van der Waals surface area contributed by atoms with Crippen LogP contribution in [0.2, 0.25) is 0 Å². The fourth-order valence-corrected chi connectivity index (χ4v) is 1.76. The Bertz CT molecular complexity index is 118. The van der Waals surface area contributed by atoms with Crippen molar-refractivity contribution in [2.75, 3.05) is 6.54 Å². The van der Waals surface area contributed by atoms with Crippen molar-refractivity contribution >= 4 is 0 Å². The van der Waals surface area contributed by atoms with Crippen LogP contribution in [0, 0.1) is 11.3 Å². The van der Waals surface area contributed by atoms with Crippen molar-refractivity contribution in [2.45, 2.75) is 33.7 Å². The number of hydrogen-bond donors (Lipinski definition) is 2. The topological polar surface area (TPSA) is 24.1 Å². The minimum atomic E-state index is 0.411. The summed E-state index contributed by atoms with van der Waals surface area (Å²) in [5.41, 5.74) is 6.90. The molecule has 1 saturated heterocycles. The van der Waals surface area contributed by atoms with Crippen LogP contribution in [-0.2, 0) is 0 Å². The van der Waals surface area contributed by atoms with Crippen LogP contribution in [0.15, 0.2) is 0 Å². The lowest BCUT2D eigenvalue weighted by Gasteiger charge is -2.28. The summed E-state index contributed by atoms with van der Waals surface area (Å²) in [6, 6.07) is 0.618. The van der Waals surface area contributed by atoms with Gasteiger partial charge in [-0.2, -0.15) is 0 Å². The first-order valence-corrected chi connectivity index (χ1v) is 4.02. The van der Waals surface area contributed by atoms with Crippen LogP contribution in [0.25, 0.3) is 0 Å². The molecule has 0 radical (unpaired) electrons. The summed E-state index contributed by atoms with van der Waals surface area (Å²) < 4.78 is 0. The zero-order valence-electron chi connectivity index (χ0n) is 7.36. The van der Waals surface area contributed by atoms with Crippen molar-refractivity contribution in [3.8, 4) is 0 Å². The Balaban J connectivity index is 2.59. The molecule has 1 fully saturated rings. The van der Waals surface area contributed by atoms with E-state index in [9.17, 15) is 0 Å². The highest BCUT2D eigenvalue weighted by atomic mass is 15.4. The Morgan fingerprint density at radius 3 is 2.20 bits per heavy atom. The van der Waals surface area contributed by atoms with Crippen molar-refractivity contribution in [1.82, 2.24) is 10.9 Å². The smallest absolute Gasteiger partial charge is 0.0299 e. The molecule has 1 rings (SSSR count). The lowest BCUT2D eigenvalue weighted by atomic mass is 9.80. The van der Waals surface area contributed by atoms with E-state index in [2.05, 4.69) is 38.5 Å². The maximum absolute atomic E-state index is 3.30. The molecule has 60 valence electrons. The Morgan fingerprint density at radius 2 is 2.00 bits per heavy atom. The number of nitrogens with one attached hydrogen (secondary N) is 2. The van der Waals surface area contributed by atoms with Crippen LogP contribution in [0.4, 0.5) is 0 Å². The van der Waals surface area contributed by atoms with Gasteiger partial charge in [0.15, 0.2) is 0 Å². The zero-order valence-corrected chi connectivity index (χ0v) is 7.36. The van der Waals surface area contributed by atoms with Gasteiger partial charge in [0.05, 0.1) is 0 Å². The van der Waals surface area contributed by atoms with Crippen molar-refractivity contribution in [3.05, 3.63) is 0 Å². The van der Waals surface area contributed by atoms with Crippen LogP contribution in [0.1, 0.15) is 27.7 Å². The normalized spacial score (nSPS) is 31.5. The maximum atomic E-state index is 3.30. The summed E-state index contributed by atoms with van der Waals surface area (Å²) in [5.74, 6) is 0.713. The molecule has 0 aromatic heterocycles. The van der Waals surface area contributed by atoms with Crippen LogP contribution in [-0.4, -0.2) is 12.6 Å². The molecule has 1 unspecified atom stereocenters. The van der Waals surface area contributed by atoms with E-state index in [4.69, 9.17) is 0 Å². The Kier molecular flexibility index (Phi) is 2.02. The molecule has 0 spiro atoms. The largest absolute Gasteiger partial charge is 0.257 e. The minimum absolute atomic E-state index is 0.411. The molecule has 1 atom stereocenters. The van der Waals surface area contributed by atoms with Gasteiger partial charge in [0, 0.05) is 12.6 Å². The molecular weight excluding hydrogens is 124 g/mol. The summed E-state index contributed by atoms with van der Waals surface area (Å²) in [5, 5.41) is 0. The van der Waals surface area contributed by atoms with Crippen molar-refractivity contribution in [2.24, 2.45) is 11.3 Å². The monoisotopic (exact) mass is 142 g/mol. The Labute approximate surface area is 63.4 Å². The first-order valence-electron chi connectivity index (χ1n) is 4.02. The fraction of sp³-hybridized carbons (Fsp3) is 1.00. The van der Waals surface area contributed by atoms with Gasteiger partial charge in [0.2, 0.25) is 0 Å². The first-order chi connectivity index (χ1) is 4.54. The second-order valence-corrected chi connectivity index (χ2v) is 4.21. The van der Waals surface area contributed by atoms with E-state index in [1.165, 1.54) is 0 Å². The van der Waals surface area contributed by atoms with E-state index in [0.717, 1.165) is 6.54 Å². The predicted octanol–water partition coefficient (Wildman–Crippen LogP) is 1.14. The third-order valence-electron chi connectivity index (χ3n) is 2.31. The molecule has 2 N–H and O–H groups in total. The first kappa shape index (κ1) is 8.02. The molecule has 2 heteroatoms. The van der Waals surface area contributed by atoms with E-state index in [1.807, 2.05) is 0 Å². The molecule has 0 aliphatic carbocycles. The van der Waals surface area contributed by atoms with Gasteiger partial charge in [-0.05, 0) is 11.3 Å². The highest BCUT2D eigenvalue weighted by molar-refractivity contribution is 4.91. The van der Waals surface area contributed by atoms with E-state index in [1.54, 1.807) is 0 Å². The van der Waals surface area contributed by atoms with Crippen LogP contribution in [0.5, 0.6) is 0 Å². The highest BCUT2D eigenvalue weighted by Gasteiger charge is 2.35. The SMILES string of the molecule is CC(C)C1NNCC1(C)C. The molecule has 0 aromatic carbocycles. The molecule has 1 heterocycles. The van der Waals surface area contributed by atoms with Gasteiger partial charge in [0.25, 0.3) is 0 Å². The summed E-state index contributed by atoms with van der Waals surface area (Å²) in [7, 11) is 0. The van der Waals surface area contributed by atoms with E-state index in [-0.39, 0.29) is 0 Å². The number of rotatable bonds is 1. The zero-order chi connectivity index (χ0) is 7.78. The quantitative estimate of drug-likeness (QED) is 0.574. The van der Waals surface area contributed by atoms with Crippen molar-refractivity contribution in [1.29, 1.82) is 0 Å². The third-order valence-corrected chi connectivity index (χ3v) is 2.31. The average molecular weight is 142 g/mol. The van der Waals surface area contributed by atoms with Gasteiger partial charge in [-0.25, -0.2) is 0 Å². The van der Waals surface area contributed by atoms with E-state index >= 15 is 0 Å². The second-order valence-electron chi connectivity index (χ2n) is 4.21. The Morgan fingerprint density at radius 1 is 1.40 bits per heavy atom. The molecule has 0 saturated carbocycles. The third kappa shape index (κ3) is 1.32. The van der Waals surface area contributed by atoms with Gasteiger partial charge in [0.1, 0.15) is 0 Å². The second kappa shape index (κ2) is 2.51. The predicted molar refractivity (Wildman–Crippen MR) is 43.5 cm³/mol. The van der Waals surface area contributed by atoms with Crippen molar-refractivity contribution in [3.63, 3.8) is 0 Å². The molecule has 10 heavy (non-hydrogen) atoms. The standard InChI is InChI=1S/C8H18N2/c1-6(2)7-8(3,4)5-9-10-7/h6-7,9-10H,5H2,1-4H3. The van der Waals surface area contributed by atoms with Gasteiger partial charge in [-0.3, -0.25) is 10.9 Å². The molecule has 1 aliphatic rings. The van der Waals surface area contributed by atoms with E-state index < -0.39 is 0 Å². The van der Waals surface area contributed by atoms with Gasteiger partial charge < -0.3 is 0 Å². The van der Waals surface area contributed by atoms with E-state index in [0.29, 0.717) is 17.4 Å². The van der Waals surface area contributed by atoms with Gasteiger partial charge in [-0.15, -0.1) is 0 Å². The van der Waals surface area contributed by atoms with Crippen molar-refractivity contribution < 1.29 is 0 Å². The van der Waals surface area contributed by atoms with Gasteiger partial charge in [-0.1, -0.05) is 27.7 Å². The van der Waals surface area contributed by atoms with Gasteiger partial charge >= 0.3 is 0 Å². The minimum Gasteiger partial charge on any atom is -0.257 e. The summed E-state index contributed by atoms with van der Waals surface area (Å²) in [6.45, 7) is 10.2. The highest BCUT2D eigenvalue weighted by Crippen LogP contribution is 2.27. The molecular formula is C8H18N2. The van der Waals surface area contributed by atoms with Crippen LogP contribution < -0.4 is 10.9 Å². The molecule has 0 amide bonds. The Hall–Kier alpha value is -0.0800. The average Bonchev–Trinajstić information content (AvgIpc) is 2.08.